The first kappa shape index (κ1) is 83.1. The summed E-state index contributed by atoms with van der Waals surface area (Å²) in [6.45, 7) is 4.91. The molecule has 5 atom stereocenters. The molecule has 0 radical (unpaired) electrons. The van der Waals surface area contributed by atoms with E-state index in [4.69, 9.17) is 37.0 Å². The maximum Gasteiger partial charge on any atom is 0.472 e. The number of unbranched alkanes of at least 4 members (excludes halogenated alkanes) is 41. The van der Waals surface area contributed by atoms with E-state index in [1.165, 1.54) is 173 Å². The monoisotopic (exact) mass is 1250 g/mol. The van der Waals surface area contributed by atoms with Crippen LogP contribution in [-0.2, 0) is 65.4 Å². The molecule has 0 rings (SSSR count). The lowest BCUT2D eigenvalue weighted by molar-refractivity contribution is -0.161. The molecule has 0 fully saturated rings. The zero-order valence-corrected chi connectivity index (χ0v) is 56.4. The van der Waals surface area contributed by atoms with E-state index in [2.05, 4.69) is 27.7 Å². The van der Waals surface area contributed by atoms with Gasteiger partial charge in [-0.25, -0.2) is 9.13 Å². The number of phosphoric acid groups is 2. The molecule has 504 valence electrons. The van der Waals surface area contributed by atoms with Gasteiger partial charge in [0.2, 0.25) is 0 Å². The van der Waals surface area contributed by atoms with E-state index in [-0.39, 0.29) is 25.7 Å². The van der Waals surface area contributed by atoms with Crippen LogP contribution in [0.25, 0.3) is 0 Å². The lowest BCUT2D eigenvalue weighted by Gasteiger charge is -2.21. The van der Waals surface area contributed by atoms with Crippen molar-refractivity contribution in [2.75, 3.05) is 39.6 Å². The average Bonchev–Trinajstić information content (AvgIpc) is 3.55. The fraction of sp³-hybridized carbons (Fsp3) is 0.939. The van der Waals surface area contributed by atoms with E-state index >= 15 is 0 Å². The Hall–Kier alpha value is -1.94. The van der Waals surface area contributed by atoms with Gasteiger partial charge in [-0.1, -0.05) is 291 Å². The molecule has 2 unspecified atom stereocenters. The Kier molecular flexibility index (Phi) is 59.6. The summed E-state index contributed by atoms with van der Waals surface area (Å²) >= 11 is 0. The summed E-state index contributed by atoms with van der Waals surface area (Å²) in [5.74, 6) is -2.12. The Labute approximate surface area is 517 Å². The lowest BCUT2D eigenvalue weighted by Crippen LogP contribution is -2.30. The first-order valence-corrected chi connectivity index (χ1v) is 37.8. The van der Waals surface area contributed by atoms with Crippen LogP contribution in [0.2, 0.25) is 0 Å². The molecule has 0 amide bonds. The van der Waals surface area contributed by atoms with Gasteiger partial charge < -0.3 is 33.8 Å². The quantitative estimate of drug-likeness (QED) is 0.0222. The van der Waals surface area contributed by atoms with Gasteiger partial charge in [0.25, 0.3) is 0 Å². The Morgan fingerprint density at radius 1 is 0.282 bits per heavy atom. The first-order chi connectivity index (χ1) is 41.2. The zero-order valence-electron chi connectivity index (χ0n) is 54.6. The summed E-state index contributed by atoms with van der Waals surface area (Å²) in [5.41, 5.74) is 0. The number of hydrogen-bond donors (Lipinski definition) is 3. The van der Waals surface area contributed by atoms with Crippen molar-refractivity contribution >= 4 is 39.5 Å². The summed E-state index contributed by atoms with van der Waals surface area (Å²) < 4.78 is 68.1. The third-order valence-corrected chi connectivity index (χ3v) is 17.3. The molecule has 0 spiro atoms. The molecule has 0 aromatic carbocycles. The van der Waals surface area contributed by atoms with Gasteiger partial charge in [0.15, 0.2) is 12.2 Å². The minimum atomic E-state index is -4.94. The fourth-order valence-electron chi connectivity index (χ4n) is 9.99. The standard InChI is InChI=1S/C66H128O17P2/c1-5-9-13-17-21-25-29-32-35-39-43-47-51-64(69)77-57-62(83-66(71)53-49-45-41-37-33-30-26-22-18-14-10-6-2)59-81-85(74,75)79-55-60(67)54-78-84(72,73)80-58-61(56-76-63(68)50-46-42-38-34-28-24-20-16-12-8-4)82-65(70)52-48-44-40-36-31-27-23-19-15-11-7-3/h60-62,67H,5-59H2,1-4H3,(H,72,73)(H,74,75)/t60-,61+,62+/m0/s1. The van der Waals surface area contributed by atoms with Gasteiger partial charge in [-0.05, 0) is 25.7 Å². The Balaban J connectivity index is 5.24. The smallest absolute Gasteiger partial charge is 0.462 e. The number of esters is 4. The SMILES string of the molecule is CCCCCCCCCCCCCCC(=O)OC[C@H](COP(=O)(O)OC[C@@H](O)COP(=O)(O)OC[C@@H](COC(=O)CCCCCCCCCCCC)OC(=O)CCCCCCCCCCCCC)OC(=O)CCCCCCCCCCCCCC. The van der Waals surface area contributed by atoms with Gasteiger partial charge in [0, 0.05) is 25.7 Å². The van der Waals surface area contributed by atoms with Gasteiger partial charge in [0.05, 0.1) is 26.4 Å². The van der Waals surface area contributed by atoms with Crippen LogP contribution < -0.4 is 0 Å². The van der Waals surface area contributed by atoms with Crippen LogP contribution in [0.1, 0.15) is 342 Å². The molecule has 0 heterocycles. The molecule has 0 aliphatic heterocycles. The van der Waals surface area contributed by atoms with Gasteiger partial charge >= 0.3 is 39.5 Å². The van der Waals surface area contributed by atoms with E-state index in [0.29, 0.717) is 25.7 Å². The minimum Gasteiger partial charge on any atom is -0.462 e. The highest BCUT2D eigenvalue weighted by Gasteiger charge is 2.30. The van der Waals surface area contributed by atoms with E-state index in [0.717, 1.165) is 89.9 Å². The zero-order chi connectivity index (χ0) is 62.6. The van der Waals surface area contributed by atoms with Crippen molar-refractivity contribution in [2.45, 2.75) is 361 Å². The molecule has 0 bridgehead atoms. The van der Waals surface area contributed by atoms with Crippen LogP contribution in [-0.4, -0.2) is 96.7 Å². The molecule has 17 nitrogen and oxygen atoms in total. The largest absolute Gasteiger partial charge is 0.472 e. The van der Waals surface area contributed by atoms with Gasteiger partial charge in [-0.3, -0.25) is 37.3 Å². The van der Waals surface area contributed by atoms with Crippen molar-refractivity contribution in [3.05, 3.63) is 0 Å². The summed E-state index contributed by atoms with van der Waals surface area (Å²) in [6.07, 6.45) is 46.9. The highest BCUT2D eigenvalue weighted by molar-refractivity contribution is 7.47. The molecule has 19 heteroatoms. The van der Waals surface area contributed by atoms with E-state index < -0.39 is 97.5 Å². The lowest BCUT2D eigenvalue weighted by atomic mass is 10.0. The molecule has 0 saturated heterocycles. The third-order valence-electron chi connectivity index (χ3n) is 15.4. The molecule has 0 aromatic rings. The molecular weight excluding hydrogens is 1130 g/mol. The normalized spacial score (nSPS) is 14.1. The third kappa shape index (κ3) is 60.7. The van der Waals surface area contributed by atoms with Crippen LogP contribution >= 0.6 is 15.6 Å². The topological polar surface area (TPSA) is 237 Å². The first-order valence-electron chi connectivity index (χ1n) is 34.8. The van der Waals surface area contributed by atoms with Crippen molar-refractivity contribution in [2.24, 2.45) is 0 Å². The summed E-state index contributed by atoms with van der Waals surface area (Å²) in [4.78, 5) is 72.3. The Morgan fingerprint density at radius 3 is 0.694 bits per heavy atom. The summed E-state index contributed by atoms with van der Waals surface area (Å²) in [6, 6.07) is 0. The number of aliphatic hydroxyl groups excluding tert-OH is 1. The van der Waals surface area contributed by atoms with Crippen LogP contribution in [0.5, 0.6) is 0 Å². The number of ether oxygens (including phenoxy) is 4. The maximum atomic E-state index is 13.0. The number of phosphoric ester groups is 2. The molecule has 85 heavy (non-hydrogen) atoms. The van der Waals surface area contributed by atoms with Crippen molar-refractivity contribution in [3.8, 4) is 0 Å². The molecule has 3 N–H and O–H groups in total. The Morgan fingerprint density at radius 2 is 0.471 bits per heavy atom. The average molecular weight is 1260 g/mol. The van der Waals surface area contributed by atoms with Crippen LogP contribution in [0.15, 0.2) is 0 Å². The minimum absolute atomic E-state index is 0.107. The fourth-order valence-corrected chi connectivity index (χ4v) is 11.6. The van der Waals surface area contributed by atoms with Gasteiger partial charge in [-0.2, -0.15) is 0 Å². The molecule has 0 aliphatic carbocycles. The molecular formula is C66H128O17P2. The van der Waals surface area contributed by atoms with E-state index in [1.54, 1.807) is 0 Å². The van der Waals surface area contributed by atoms with Crippen LogP contribution in [0.3, 0.4) is 0 Å². The molecule has 0 aromatic heterocycles. The highest BCUT2D eigenvalue weighted by Crippen LogP contribution is 2.45. The number of rotatable bonds is 67. The Bertz CT molecular complexity index is 1640. The van der Waals surface area contributed by atoms with E-state index in [1.807, 2.05) is 0 Å². The second-order valence-electron chi connectivity index (χ2n) is 23.9. The van der Waals surface area contributed by atoms with Crippen molar-refractivity contribution < 1.29 is 80.2 Å². The van der Waals surface area contributed by atoms with Crippen LogP contribution in [0.4, 0.5) is 0 Å². The van der Waals surface area contributed by atoms with Gasteiger partial charge in [-0.15, -0.1) is 0 Å². The van der Waals surface area contributed by atoms with Gasteiger partial charge in [0.1, 0.15) is 19.3 Å². The predicted molar refractivity (Wildman–Crippen MR) is 340 cm³/mol. The second kappa shape index (κ2) is 60.9. The van der Waals surface area contributed by atoms with Crippen molar-refractivity contribution in [3.63, 3.8) is 0 Å². The second-order valence-corrected chi connectivity index (χ2v) is 26.8. The number of carbonyl (C=O) groups is 4. The number of aliphatic hydroxyl groups is 1. The van der Waals surface area contributed by atoms with Crippen molar-refractivity contribution in [1.29, 1.82) is 0 Å². The highest BCUT2D eigenvalue weighted by atomic mass is 31.2. The number of hydrogen-bond acceptors (Lipinski definition) is 15. The molecule has 0 saturated carbocycles. The number of carbonyl (C=O) groups excluding carboxylic acids is 4. The maximum absolute atomic E-state index is 13.0. The summed E-state index contributed by atoms with van der Waals surface area (Å²) in [7, 11) is -9.89. The van der Waals surface area contributed by atoms with Crippen molar-refractivity contribution in [1.82, 2.24) is 0 Å². The van der Waals surface area contributed by atoms with Crippen LogP contribution in [0, 0.1) is 0 Å². The molecule has 0 aliphatic rings. The predicted octanol–water partition coefficient (Wildman–Crippen LogP) is 18.7. The van der Waals surface area contributed by atoms with E-state index in [9.17, 15) is 43.2 Å². The summed E-state index contributed by atoms with van der Waals surface area (Å²) in [5, 5.41) is 10.6.